The van der Waals surface area contributed by atoms with E-state index in [1.54, 1.807) is 23.9 Å². The number of aromatic nitrogens is 3. The number of carbonyl (C=O) groups is 1. The van der Waals surface area contributed by atoms with Gasteiger partial charge in [-0.05, 0) is 42.8 Å². The Labute approximate surface area is 217 Å². The number of anilines is 2. The first kappa shape index (κ1) is 23.6. The molecular formula is C27H24BrN5O3. The first-order chi connectivity index (χ1) is 17.5. The second-order valence-electron chi connectivity index (χ2n) is 8.21. The van der Waals surface area contributed by atoms with E-state index in [1.165, 1.54) is 6.33 Å². The molecule has 9 heteroatoms. The van der Waals surface area contributed by atoms with Gasteiger partial charge in [0.2, 0.25) is 5.95 Å². The number of rotatable bonds is 7. The van der Waals surface area contributed by atoms with Crippen LogP contribution in [0.25, 0.3) is 0 Å². The van der Waals surface area contributed by atoms with E-state index >= 15 is 0 Å². The molecule has 1 atom stereocenters. The Morgan fingerprint density at radius 3 is 2.67 bits per heavy atom. The lowest BCUT2D eigenvalue weighted by Crippen LogP contribution is -2.32. The van der Waals surface area contributed by atoms with E-state index in [4.69, 9.17) is 9.47 Å². The van der Waals surface area contributed by atoms with Crippen molar-refractivity contribution in [3.63, 3.8) is 0 Å². The Kier molecular flexibility index (Phi) is 6.73. The van der Waals surface area contributed by atoms with Crippen molar-refractivity contribution < 1.29 is 14.3 Å². The van der Waals surface area contributed by atoms with Crippen molar-refractivity contribution in [2.24, 2.45) is 0 Å². The van der Waals surface area contributed by atoms with Crippen LogP contribution >= 0.6 is 15.9 Å². The number of nitrogens with one attached hydrogen (secondary N) is 2. The van der Waals surface area contributed by atoms with Crippen molar-refractivity contribution in [2.45, 2.75) is 19.6 Å². The van der Waals surface area contributed by atoms with Gasteiger partial charge < -0.3 is 20.1 Å². The summed E-state index contributed by atoms with van der Waals surface area (Å²) in [4.78, 5) is 18.1. The molecule has 0 unspecified atom stereocenters. The molecule has 2 N–H and O–H groups in total. The molecule has 0 saturated heterocycles. The van der Waals surface area contributed by atoms with Gasteiger partial charge in [0, 0.05) is 15.7 Å². The van der Waals surface area contributed by atoms with Crippen LogP contribution in [0.1, 0.15) is 24.1 Å². The van der Waals surface area contributed by atoms with Crippen LogP contribution in [-0.2, 0) is 11.4 Å². The number of allylic oxidation sites excluding steroid dienone is 1. The highest BCUT2D eigenvalue weighted by Crippen LogP contribution is 2.41. The van der Waals surface area contributed by atoms with Crippen LogP contribution in [0.5, 0.6) is 11.5 Å². The van der Waals surface area contributed by atoms with Crippen molar-refractivity contribution in [2.75, 3.05) is 17.7 Å². The van der Waals surface area contributed by atoms with Crippen LogP contribution in [0.3, 0.4) is 0 Å². The van der Waals surface area contributed by atoms with Gasteiger partial charge in [-0.15, -0.1) is 0 Å². The average molecular weight is 546 g/mol. The fraction of sp³-hybridized carbons (Fsp3) is 0.148. The monoisotopic (exact) mass is 545 g/mol. The SMILES string of the molecule is COc1ccccc1NC(=O)C1=C(C)Nc2ncnn2[C@H]1c1cc(Br)ccc1OCc1ccccc1. The number of carbonyl (C=O) groups excluding carboxylic acids is 1. The Hall–Kier alpha value is -4.11. The molecule has 0 aliphatic carbocycles. The third-order valence-electron chi connectivity index (χ3n) is 5.90. The quantitative estimate of drug-likeness (QED) is 0.316. The summed E-state index contributed by atoms with van der Waals surface area (Å²) in [5, 5.41) is 10.6. The first-order valence-electron chi connectivity index (χ1n) is 11.3. The number of fused-ring (bicyclic) bond motifs is 1. The van der Waals surface area contributed by atoms with E-state index in [9.17, 15) is 4.79 Å². The predicted molar refractivity (Wildman–Crippen MR) is 141 cm³/mol. The first-order valence-corrected chi connectivity index (χ1v) is 12.1. The van der Waals surface area contributed by atoms with Gasteiger partial charge in [0.25, 0.3) is 5.91 Å². The van der Waals surface area contributed by atoms with E-state index in [-0.39, 0.29) is 5.91 Å². The molecule has 182 valence electrons. The van der Waals surface area contributed by atoms with E-state index < -0.39 is 6.04 Å². The second-order valence-corrected chi connectivity index (χ2v) is 9.12. The van der Waals surface area contributed by atoms with Gasteiger partial charge in [-0.3, -0.25) is 4.79 Å². The van der Waals surface area contributed by atoms with Crippen LogP contribution in [0.15, 0.2) is 94.9 Å². The van der Waals surface area contributed by atoms with Crippen molar-refractivity contribution >= 4 is 33.5 Å². The molecule has 2 heterocycles. The van der Waals surface area contributed by atoms with Crippen LogP contribution in [0.2, 0.25) is 0 Å². The zero-order chi connectivity index (χ0) is 25.1. The van der Waals surface area contributed by atoms with E-state index in [0.717, 1.165) is 15.6 Å². The number of amides is 1. The Bertz CT molecular complexity index is 1430. The molecule has 1 aliphatic rings. The summed E-state index contributed by atoms with van der Waals surface area (Å²) >= 11 is 3.58. The van der Waals surface area contributed by atoms with E-state index in [0.29, 0.717) is 41.0 Å². The average Bonchev–Trinajstić information content (AvgIpc) is 3.36. The molecule has 5 rings (SSSR count). The van der Waals surface area contributed by atoms with Gasteiger partial charge in [-0.25, -0.2) is 4.68 Å². The molecule has 36 heavy (non-hydrogen) atoms. The Morgan fingerprint density at radius 2 is 1.86 bits per heavy atom. The lowest BCUT2D eigenvalue weighted by Gasteiger charge is -2.30. The topological polar surface area (TPSA) is 90.3 Å². The summed E-state index contributed by atoms with van der Waals surface area (Å²) in [5.74, 6) is 1.47. The number of hydrogen-bond acceptors (Lipinski definition) is 6. The maximum atomic E-state index is 13.8. The summed E-state index contributed by atoms with van der Waals surface area (Å²) in [6.07, 6.45) is 1.46. The molecule has 3 aromatic carbocycles. The van der Waals surface area contributed by atoms with Crippen LogP contribution in [-0.4, -0.2) is 27.8 Å². The van der Waals surface area contributed by atoms with E-state index in [1.807, 2.05) is 67.6 Å². The number of para-hydroxylation sites is 2. The largest absolute Gasteiger partial charge is 0.495 e. The molecule has 0 saturated carbocycles. The highest BCUT2D eigenvalue weighted by atomic mass is 79.9. The van der Waals surface area contributed by atoms with Gasteiger partial charge in [-0.1, -0.05) is 58.4 Å². The fourth-order valence-electron chi connectivity index (χ4n) is 4.21. The fourth-order valence-corrected chi connectivity index (χ4v) is 4.59. The molecule has 0 spiro atoms. The van der Waals surface area contributed by atoms with Crippen molar-refractivity contribution in [3.8, 4) is 11.5 Å². The number of ether oxygens (including phenoxy) is 2. The molecule has 1 amide bonds. The van der Waals surface area contributed by atoms with Gasteiger partial charge in [-0.2, -0.15) is 10.1 Å². The van der Waals surface area contributed by atoms with Gasteiger partial charge >= 0.3 is 0 Å². The molecule has 4 aromatic rings. The van der Waals surface area contributed by atoms with Crippen molar-refractivity contribution in [1.29, 1.82) is 0 Å². The third kappa shape index (κ3) is 4.70. The van der Waals surface area contributed by atoms with Gasteiger partial charge in [0.15, 0.2) is 0 Å². The van der Waals surface area contributed by atoms with Crippen LogP contribution in [0, 0.1) is 0 Å². The maximum Gasteiger partial charge on any atom is 0.255 e. The predicted octanol–water partition coefficient (Wildman–Crippen LogP) is 5.56. The molecular weight excluding hydrogens is 522 g/mol. The number of nitrogens with zero attached hydrogens (tertiary/aromatic N) is 3. The standard InChI is InChI=1S/C27H24BrN5O3/c1-17-24(26(34)32-21-10-6-7-11-23(21)35-2)25(33-27(31-17)29-16-30-33)20-14-19(28)12-13-22(20)36-15-18-8-4-3-5-9-18/h3-14,16,25H,15H2,1-2H3,(H,32,34)(H,29,30,31)/t25-/m0/s1. The zero-order valence-corrected chi connectivity index (χ0v) is 21.3. The minimum Gasteiger partial charge on any atom is -0.495 e. The second kappa shape index (κ2) is 10.2. The molecule has 8 nitrogen and oxygen atoms in total. The maximum absolute atomic E-state index is 13.8. The smallest absolute Gasteiger partial charge is 0.255 e. The number of hydrogen-bond donors (Lipinski definition) is 2. The number of benzene rings is 3. The van der Waals surface area contributed by atoms with Gasteiger partial charge in [0.1, 0.15) is 30.5 Å². The highest BCUT2D eigenvalue weighted by molar-refractivity contribution is 9.10. The summed E-state index contributed by atoms with van der Waals surface area (Å²) in [6, 6.07) is 22.4. The molecule has 1 aliphatic heterocycles. The molecule has 0 bridgehead atoms. The molecule has 0 radical (unpaired) electrons. The van der Waals surface area contributed by atoms with Crippen LogP contribution in [0.4, 0.5) is 11.6 Å². The minimum atomic E-state index is -0.582. The van der Waals surface area contributed by atoms with E-state index in [2.05, 4.69) is 36.6 Å². The highest BCUT2D eigenvalue weighted by Gasteiger charge is 2.35. The summed E-state index contributed by atoms with van der Waals surface area (Å²) in [7, 11) is 1.57. The lowest BCUT2D eigenvalue weighted by atomic mass is 9.94. The van der Waals surface area contributed by atoms with Crippen LogP contribution < -0.4 is 20.1 Å². The van der Waals surface area contributed by atoms with Gasteiger partial charge in [0.05, 0.1) is 18.4 Å². The number of methoxy groups -OCH3 is 1. The van der Waals surface area contributed by atoms with Crippen molar-refractivity contribution in [3.05, 3.63) is 106 Å². The summed E-state index contributed by atoms with van der Waals surface area (Å²) in [5.41, 5.74) is 3.55. The normalized spacial score (nSPS) is 14.6. The minimum absolute atomic E-state index is 0.287. The Balaban J connectivity index is 1.56. The third-order valence-corrected chi connectivity index (χ3v) is 6.39. The lowest BCUT2D eigenvalue weighted by molar-refractivity contribution is -0.113. The Morgan fingerprint density at radius 1 is 1.08 bits per heavy atom. The number of halogens is 1. The van der Waals surface area contributed by atoms with Crippen molar-refractivity contribution in [1.82, 2.24) is 14.8 Å². The zero-order valence-electron chi connectivity index (χ0n) is 19.7. The summed E-state index contributed by atoms with van der Waals surface area (Å²) < 4.78 is 14.2. The molecule has 0 fully saturated rings. The summed E-state index contributed by atoms with van der Waals surface area (Å²) in [6.45, 7) is 2.24. The molecule has 1 aromatic heterocycles.